The van der Waals surface area contributed by atoms with Crippen molar-refractivity contribution < 1.29 is 19.1 Å². The van der Waals surface area contributed by atoms with Crippen molar-refractivity contribution in [1.29, 1.82) is 0 Å². The van der Waals surface area contributed by atoms with Crippen LogP contribution in [-0.2, 0) is 10.3 Å². The van der Waals surface area contributed by atoms with Crippen molar-refractivity contribution in [2.45, 2.75) is 50.3 Å². The number of aliphatic hydroxyl groups is 1. The van der Waals surface area contributed by atoms with Crippen LogP contribution in [0.3, 0.4) is 0 Å². The van der Waals surface area contributed by atoms with Crippen LogP contribution < -0.4 is 0 Å². The molecule has 1 aromatic rings. The Hall–Kier alpha value is -1.37. The SMILES string of the molecule is CC1CN2CCCC2CN1C(=O)c1ccoc1C1(O)CCOCC1. The Bertz CT molecular complexity index is 608. The zero-order valence-electron chi connectivity index (χ0n) is 14.2. The summed E-state index contributed by atoms with van der Waals surface area (Å²) in [5, 5.41) is 10.9. The molecular formula is C18H26N2O4. The standard InChI is InChI=1S/C18H26N2O4/c1-13-11-19-7-2-3-14(19)12-20(13)17(21)15-4-8-24-16(15)18(22)5-9-23-10-6-18/h4,8,13-14,22H,2-3,5-7,9-12H2,1H3. The van der Waals surface area contributed by atoms with Crippen LogP contribution in [0.2, 0.25) is 0 Å². The molecule has 2 atom stereocenters. The first kappa shape index (κ1) is 16.1. The summed E-state index contributed by atoms with van der Waals surface area (Å²) in [5.74, 6) is 0.398. The lowest BCUT2D eigenvalue weighted by Crippen LogP contribution is -2.56. The van der Waals surface area contributed by atoms with E-state index in [4.69, 9.17) is 9.15 Å². The van der Waals surface area contributed by atoms with Gasteiger partial charge in [-0.15, -0.1) is 0 Å². The van der Waals surface area contributed by atoms with Gasteiger partial charge in [0.1, 0.15) is 11.4 Å². The number of hydrogen-bond acceptors (Lipinski definition) is 5. The molecule has 6 nitrogen and oxygen atoms in total. The average molecular weight is 334 g/mol. The van der Waals surface area contributed by atoms with E-state index in [0.717, 1.165) is 26.1 Å². The molecule has 4 heterocycles. The molecule has 3 saturated heterocycles. The lowest BCUT2D eigenvalue weighted by Gasteiger charge is -2.42. The fraction of sp³-hybridized carbons (Fsp3) is 0.722. The molecule has 0 radical (unpaired) electrons. The van der Waals surface area contributed by atoms with Gasteiger partial charge in [-0.2, -0.15) is 0 Å². The summed E-state index contributed by atoms with van der Waals surface area (Å²) in [6.45, 7) is 5.93. The third-order valence-electron chi connectivity index (χ3n) is 5.84. The number of nitrogens with zero attached hydrogens (tertiary/aromatic N) is 2. The minimum absolute atomic E-state index is 0.0160. The molecule has 1 N–H and O–H groups in total. The maximum atomic E-state index is 13.2. The van der Waals surface area contributed by atoms with Gasteiger partial charge < -0.3 is 19.2 Å². The maximum Gasteiger partial charge on any atom is 0.257 e. The molecular weight excluding hydrogens is 308 g/mol. The Morgan fingerprint density at radius 1 is 1.33 bits per heavy atom. The number of fused-ring (bicyclic) bond motifs is 1. The molecule has 24 heavy (non-hydrogen) atoms. The van der Waals surface area contributed by atoms with Crippen LogP contribution in [-0.4, -0.2) is 65.7 Å². The van der Waals surface area contributed by atoms with Crippen molar-refractivity contribution in [3.63, 3.8) is 0 Å². The summed E-state index contributed by atoms with van der Waals surface area (Å²) in [6, 6.07) is 2.37. The first-order chi connectivity index (χ1) is 11.6. The first-order valence-electron chi connectivity index (χ1n) is 9.01. The van der Waals surface area contributed by atoms with Crippen molar-refractivity contribution in [3.05, 3.63) is 23.7 Å². The largest absolute Gasteiger partial charge is 0.465 e. The fourth-order valence-corrected chi connectivity index (χ4v) is 4.40. The van der Waals surface area contributed by atoms with Crippen LogP contribution in [0.4, 0.5) is 0 Å². The minimum atomic E-state index is -1.09. The van der Waals surface area contributed by atoms with E-state index in [2.05, 4.69) is 11.8 Å². The number of carbonyl (C=O) groups is 1. The van der Waals surface area contributed by atoms with E-state index in [0.29, 0.717) is 43.4 Å². The second kappa shape index (κ2) is 6.17. The number of carbonyl (C=O) groups excluding carboxylic acids is 1. The van der Waals surface area contributed by atoms with Gasteiger partial charge in [0.25, 0.3) is 5.91 Å². The number of piperazine rings is 1. The summed E-state index contributed by atoms with van der Waals surface area (Å²) in [7, 11) is 0. The maximum absolute atomic E-state index is 13.2. The molecule has 0 aromatic carbocycles. The first-order valence-corrected chi connectivity index (χ1v) is 9.01. The number of amides is 1. The summed E-state index contributed by atoms with van der Waals surface area (Å²) < 4.78 is 10.9. The van der Waals surface area contributed by atoms with Gasteiger partial charge in [-0.25, -0.2) is 0 Å². The third-order valence-corrected chi connectivity index (χ3v) is 5.84. The van der Waals surface area contributed by atoms with Gasteiger partial charge in [0, 0.05) is 51.2 Å². The summed E-state index contributed by atoms with van der Waals surface area (Å²) >= 11 is 0. The molecule has 0 spiro atoms. The Labute approximate surface area is 142 Å². The fourth-order valence-electron chi connectivity index (χ4n) is 4.40. The van der Waals surface area contributed by atoms with Gasteiger partial charge >= 0.3 is 0 Å². The third kappa shape index (κ3) is 2.66. The molecule has 3 aliphatic rings. The van der Waals surface area contributed by atoms with Crippen molar-refractivity contribution in [2.75, 3.05) is 32.8 Å². The molecule has 0 saturated carbocycles. The normalized spacial score (nSPS) is 30.3. The number of hydrogen-bond donors (Lipinski definition) is 1. The topological polar surface area (TPSA) is 66.2 Å². The van der Waals surface area contributed by atoms with Crippen LogP contribution in [0, 0.1) is 0 Å². The molecule has 3 fully saturated rings. The van der Waals surface area contributed by atoms with E-state index >= 15 is 0 Å². The molecule has 0 bridgehead atoms. The van der Waals surface area contributed by atoms with Crippen LogP contribution in [0.5, 0.6) is 0 Å². The molecule has 3 aliphatic heterocycles. The smallest absolute Gasteiger partial charge is 0.257 e. The average Bonchev–Trinajstić information content (AvgIpc) is 3.23. The summed E-state index contributed by atoms with van der Waals surface area (Å²) in [5.41, 5.74) is -0.580. The second-order valence-electron chi connectivity index (χ2n) is 7.40. The number of rotatable bonds is 2. The molecule has 1 amide bonds. The predicted octanol–water partition coefficient (Wildman–Crippen LogP) is 1.59. The van der Waals surface area contributed by atoms with Gasteiger partial charge in [0.05, 0.1) is 11.8 Å². The van der Waals surface area contributed by atoms with Crippen LogP contribution in [0.1, 0.15) is 48.7 Å². The highest BCUT2D eigenvalue weighted by Crippen LogP contribution is 2.36. The highest BCUT2D eigenvalue weighted by atomic mass is 16.5. The lowest BCUT2D eigenvalue weighted by molar-refractivity contribution is -0.0806. The Kier molecular flexibility index (Phi) is 4.14. The van der Waals surface area contributed by atoms with E-state index in [-0.39, 0.29) is 11.9 Å². The number of ether oxygens (including phenoxy) is 1. The van der Waals surface area contributed by atoms with Crippen LogP contribution in [0.15, 0.2) is 16.7 Å². The highest BCUT2D eigenvalue weighted by Gasteiger charge is 2.42. The highest BCUT2D eigenvalue weighted by molar-refractivity contribution is 5.95. The molecule has 4 rings (SSSR count). The van der Waals surface area contributed by atoms with Gasteiger partial charge in [-0.3, -0.25) is 9.69 Å². The molecule has 6 heteroatoms. The van der Waals surface area contributed by atoms with Crippen LogP contribution in [0.25, 0.3) is 0 Å². The zero-order chi connectivity index (χ0) is 16.7. The van der Waals surface area contributed by atoms with E-state index in [9.17, 15) is 9.90 Å². The quantitative estimate of drug-likeness (QED) is 0.890. The van der Waals surface area contributed by atoms with Gasteiger partial charge in [0.2, 0.25) is 0 Å². The lowest BCUT2D eigenvalue weighted by atomic mass is 9.89. The summed E-state index contributed by atoms with van der Waals surface area (Å²) in [4.78, 5) is 17.6. The van der Waals surface area contributed by atoms with Gasteiger partial charge in [-0.1, -0.05) is 0 Å². The van der Waals surface area contributed by atoms with E-state index in [1.54, 1.807) is 6.07 Å². The Balaban J connectivity index is 1.58. The van der Waals surface area contributed by atoms with E-state index in [1.165, 1.54) is 12.7 Å². The Morgan fingerprint density at radius 3 is 2.92 bits per heavy atom. The summed E-state index contributed by atoms with van der Waals surface area (Å²) in [6.07, 6.45) is 4.83. The minimum Gasteiger partial charge on any atom is -0.465 e. The monoisotopic (exact) mass is 334 g/mol. The van der Waals surface area contributed by atoms with Crippen LogP contribution >= 0.6 is 0 Å². The molecule has 1 aromatic heterocycles. The van der Waals surface area contributed by atoms with Crippen molar-refractivity contribution >= 4 is 5.91 Å². The predicted molar refractivity (Wildman–Crippen MR) is 87.8 cm³/mol. The zero-order valence-corrected chi connectivity index (χ0v) is 14.2. The van der Waals surface area contributed by atoms with E-state index < -0.39 is 5.60 Å². The van der Waals surface area contributed by atoms with Crippen molar-refractivity contribution in [3.8, 4) is 0 Å². The van der Waals surface area contributed by atoms with Gasteiger partial charge in [-0.05, 0) is 32.4 Å². The van der Waals surface area contributed by atoms with Crippen molar-refractivity contribution in [2.24, 2.45) is 0 Å². The second-order valence-corrected chi connectivity index (χ2v) is 7.40. The number of furan rings is 1. The Morgan fingerprint density at radius 2 is 2.12 bits per heavy atom. The molecule has 132 valence electrons. The van der Waals surface area contributed by atoms with E-state index in [1.807, 2.05) is 4.90 Å². The molecule has 2 unspecified atom stereocenters. The molecule has 0 aliphatic carbocycles. The van der Waals surface area contributed by atoms with Crippen molar-refractivity contribution in [1.82, 2.24) is 9.80 Å². The van der Waals surface area contributed by atoms with Gasteiger partial charge in [0.15, 0.2) is 0 Å².